The molecule has 1 atom stereocenters. The van der Waals surface area contributed by atoms with Crippen molar-refractivity contribution in [2.24, 2.45) is 5.10 Å². The Labute approximate surface area is 195 Å². The van der Waals surface area contributed by atoms with Crippen LogP contribution in [0.2, 0.25) is 10.0 Å². The molecule has 5 rings (SSSR count). The Bertz CT molecular complexity index is 1000. The van der Waals surface area contributed by atoms with E-state index >= 15 is 0 Å². The van der Waals surface area contributed by atoms with E-state index in [4.69, 9.17) is 33.0 Å². The van der Waals surface area contributed by atoms with Crippen LogP contribution in [0, 0.1) is 0 Å². The first-order valence-corrected chi connectivity index (χ1v) is 12.1. The second-order valence-corrected chi connectivity index (χ2v) is 10.1. The maximum absolute atomic E-state index is 6.71. The number of fused-ring (bicyclic) bond motifs is 4. The summed E-state index contributed by atoms with van der Waals surface area (Å²) in [6.07, 6.45) is 3.84. The smallest absolute Gasteiger partial charge is 0.200 e. The standard InChI is InChI=1S/C23H24BrCl2N3O/c1-2-9-28-10-7-23(8-11-28)29-21(18-12-15(24)3-6-22(18)30-23)14-20(27-29)17-5-4-16(25)13-19(17)26/h3-6,12-13,21H,2,7-11,14H2,1H3. The van der Waals surface area contributed by atoms with Gasteiger partial charge in [0, 0.05) is 53.0 Å². The minimum atomic E-state index is -0.406. The molecule has 2 aromatic carbocycles. The van der Waals surface area contributed by atoms with Crippen molar-refractivity contribution in [2.75, 3.05) is 19.6 Å². The maximum atomic E-state index is 6.71. The summed E-state index contributed by atoms with van der Waals surface area (Å²) in [4.78, 5) is 2.53. The minimum Gasteiger partial charge on any atom is -0.466 e. The predicted molar refractivity (Wildman–Crippen MR) is 126 cm³/mol. The van der Waals surface area contributed by atoms with E-state index in [9.17, 15) is 0 Å². The van der Waals surface area contributed by atoms with Crippen LogP contribution in [0.25, 0.3) is 0 Å². The minimum absolute atomic E-state index is 0.144. The molecule has 3 heterocycles. The van der Waals surface area contributed by atoms with E-state index in [2.05, 4.69) is 51.0 Å². The lowest BCUT2D eigenvalue weighted by Crippen LogP contribution is -2.59. The molecule has 30 heavy (non-hydrogen) atoms. The van der Waals surface area contributed by atoms with Crippen molar-refractivity contribution < 1.29 is 4.74 Å². The molecule has 3 aliphatic heterocycles. The molecular weight excluding hydrogens is 485 g/mol. The Morgan fingerprint density at radius 2 is 1.97 bits per heavy atom. The first-order chi connectivity index (χ1) is 14.5. The number of likely N-dealkylation sites (tertiary alicyclic amines) is 1. The number of hydrazone groups is 1. The van der Waals surface area contributed by atoms with Gasteiger partial charge in [-0.2, -0.15) is 5.10 Å². The number of halogens is 3. The predicted octanol–water partition coefficient (Wildman–Crippen LogP) is 6.50. The third-order valence-corrected chi connectivity index (χ3v) is 7.42. The van der Waals surface area contributed by atoms with Crippen molar-refractivity contribution in [1.82, 2.24) is 9.91 Å². The highest BCUT2D eigenvalue weighted by Crippen LogP contribution is 2.50. The van der Waals surface area contributed by atoms with Gasteiger partial charge in [-0.15, -0.1) is 0 Å². The zero-order valence-electron chi connectivity index (χ0n) is 16.9. The second kappa shape index (κ2) is 8.01. The van der Waals surface area contributed by atoms with Gasteiger partial charge < -0.3 is 9.64 Å². The van der Waals surface area contributed by atoms with Crippen molar-refractivity contribution in [3.05, 3.63) is 62.0 Å². The van der Waals surface area contributed by atoms with E-state index in [1.54, 1.807) is 6.07 Å². The molecule has 1 spiro atoms. The van der Waals surface area contributed by atoms with Crippen LogP contribution < -0.4 is 4.74 Å². The highest BCUT2D eigenvalue weighted by molar-refractivity contribution is 9.10. The van der Waals surface area contributed by atoms with Crippen LogP contribution in [0.3, 0.4) is 0 Å². The molecule has 3 aliphatic rings. The number of ether oxygens (including phenoxy) is 1. The van der Waals surface area contributed by atoms with Crippen LogP contribution in [0.15, 0.2) is 46.0 Å². The third kappa shape index (κ3) is 3.54. The van der Waals surface area contributed by atoms with Gasteiger partial charge in [0.05, 0.1) is 16.8 Å². The molecule has 0 aliphatic carbocycles. The Kier molecular flexibility index (Phi) is 5.51. The summed E-state index contributed by atoms with van der Waals surface area (Å²) >= 11 is 16.3. The summed E-state index contributed by atoms with van der Waals surface area (Å²) in [5.74, 6) is 0.974. The van der Waals surface area contributed by atoms with Gasteiger partial charge in [-0.1, -0.05) is 52.1 Å². The van der Waals surface area contributed by atoms with Crippen LogP contribution in [-0.4, -0.2) is 41.0 Å². The summed E-state index contributed by atoms with van der Waals surface area (Å²) in [7, 11) is 0. The Balaban J connectivity index is 1.54. The summed E-state index contributed by atoms with van der Waals surface area (Å²) in [5, 5.41) is 8.62. The molecule has 158 valence electrons. The first-order valence-electron chi connectivity index (χ1n) is 10.5. The Morgan fingerprint density at radius 3 is 2.70 bits per heavy atom. The molecule has 1 unspecified atom stereocenters. The van der Waals surface area contributed by atoms with Crippen molar-refractivity contribution in [3.63, 3.8) is 0 Å². The van der Waals surface area contributed by atoms with Crippen LogP contribution in [-0.2, 0) is 0 Å². The summed E-state index contributed by atoms with van der Waals surface area (Å²) < 4.78 is 7.76. The second-order valence-electron chi connectivity index (χ2n) is 8.31. The van der Waals surface area contributed by atoms with E-state index in [1.807, 2.05) is 12.1 Å². The highest BCUT2D eigenvalue weighted by atomic mass is 79.9. The van der Waals surface area contributed by atoms with Crippen LogP contribution in [0.1, 0.15) is 49.8 Å². The zero-order valence-corrected chi connectivity index (χ0v) is 20.0. The molecule has 0 amide bonds. The van der Waals surface area contributed by atoms with E-state index in [0.717, 1.165) is 60.4 Å². The van der Waals surface area contributed by atoms with Gasteiger partial charge in [0.2, 0.25) is 5.72 Å². The number of rotatable bonds is 3. The third-order valence-electron chi connectivity index (χ3n) is 6.38. The fraction of sp³-hybridized carbons (Fsp3) is 0.435. The maximum Gasteiger partial charge on any atom is 0.200 e. The van der Waals surface area contributed by atoms with E-state index in [-0.39, 0.29) is 6.04 Å². The number of nitrogens with zero attached hydrogens (tertiary/aromatic N) is 3. The number of benzene rings is 2. The molecule has 0 N–H and O–H groups in total. The zero-order chi connectivity index (χ0) is 20.9. The molecule has 7 heteroatoms. The molecule has 4 nitrogen and oxygen atoms in total. The van der Waals surface area contributed by atoms with E-state index in [1.165, 1.54) is 12.0 Å². The molecule has 1 saturated heterocycles. The van der Waals surface area contributed by atoms with Crippen molar-refractivity contribution >= 4 is 44.8 Å². The monoisotopic (exact) mass is 507 g/mol. The van der Waals surface area contributed by atoms with E-state index < -0.39 is 5.72 Å². The van der Waals surface area contributed by atoms with Gasteiger partial charge in [0.1, 0.15) is 5.75 Å². The van der Waals surface area contributed by atoms with Gasteiger partial charge in [0.15, 0.2) is 0 Å². The SMILES string of the molecule is CCCN1CCC2(CC1)Oc1ccc(Br)cc1C1CC(c3ccc(Cl)cc3Cl)=NN12. The van der Waals surface area contributed by atoms with Crippen LogP contribution >= 0.6 is 39.1 Å². The van der Waals surface area contributed by atoms with Crippen molar-refractivity contribution in [1.29, 1.82) is 0 Å². The molecule has 0 radical (unpaired) electrons. The Morgan fingerprint density at radius 1 is 1.17 bits per heavy atom. The lowest BCUT2D eigenvalue weighted by Gasteiger charge is -2.51. The Hall–Kier alpha value is -1.27. The number of piperidine rings is 1. The molecule has 0 bridgehead atoms. The van der Waals surface area contributed by atoms with Gasteiger partial charge in [-0.25, -0.2) is 5.01 Å². The molecule has 2 aromatic rings. The quantitative estimate of drug-likeness (QED) is 0.473. The highest BCUT2D eigenvalue weighted by Gasteiger charge is 2.51. The normalized spacial score (nSPS) is 22.5. The average molecular weight is 509 g/mol. The largest absolute Gasteiger partial charge is 0.466 e. The van der Waals surface area contributed by atoms with Crippen molar-refractivity contribution in [3.8, 4) is 5.75 Å². The van der Waals surface area contributed by atoms with Gasteiger partial charge in [-0.3, -0.25) is 0 Å². The van der Waals surface area contributed by atoms with Crippen LogP contribution in [0.5, 0.6) is 5.75 Å². The number of hydrogen-bond donors (Lipinski definition) is 0. The molecule has 0 saturated carbocycles. The topological polar surface area (TPSA) is 28.1 Å². The van der Waals surface area contributed by atoms with Gasteiger partial charge in [-0.05, 0) is 43.3 Å². The lowest BCUT2D eigenvalue weighted by atomic mass is 9.90. The lowest BCUT2D eigenvalue weighted by molar-refractivity contribution is -0.149. The average Bonchev–Trinajstić information content (AvgIpc) is 3.17. The summed E-state index contributed by atoms with van der Waals surface area (Å²) in [5.41, 5.74) is 2.71. The molecule has 1 fully saturated rings. The molecule has 0 aromatic heterocycles. The summed E-state index contributed by atoms with van der Waals surface area (Å²) in [6.45, 7) is 5.42. The molecular formula is C23H24BrCl2N3O. The van der Waals surface area contributed by atoms with E-state index in [0.29, 0.717) is 10.0 Å². The summed E-state index contributed by atoms with van der Waals surface area (Å²) in [6, 6.07) is 12.1. The van der Waals surface area contributed by atoms with Crippen LogP contribution in [0.4, 0.5) is 0 Å². The fourth-order valence-electron chi connectivity index (χ4n) is 4.91. The first kappa shape index (κ1) is 20.6. The van der Waals surface area contributed by atoms with Gasteiger partial charge >= 0.3 is 0 Å². The van der Waals surface area contributed by atoms with Crippen molar-refractivity contribution in [2.45, 2.75) is 44.4 Å². The fourth-order valence-corrected chi connectivity index (χ4v) is 5.81. The number of hydrogen-bond acceptors (Lipinski definition) is 4. The van der Waals surface area contributed by atoms with Gasteiger partial charge in [0.25, 0.3) is 0 Å².